The van der Waals surface area contributed by atoms with E-state index >= 15 is 0 Å². The highest BCUT2D eigenvalue weighted by atomic mass is 16.5. The van der Waals surface area contributed by atoms with Gasteiger partial charge >= 0.3 is 0 Å². The minimum absolute atomic E-state index is 0.800. The number of aromatic nitrogens is 2. The van der Waals surface area contributed by atoms with Crippen molar-refractivity contribution in [2.24, 2.45) is 0 Å². The zero-order chi connectivity index (χ0) is 11.6. The lowest BCUT2D eigenvalue weighted by Crippen LogP contribution is -2.17. The maximum Gasteiger partial charge on any atom is 0.0948 e. The Balaban J connectivity index is 2.26. The Bertz CT molecular complexity index is 273. The van der Waals surface area contributed by atoms with E-state index in [0.717, 1.165) is 39.3 Å². The maximum atomic E-state index is 5.32. The summed E-state index contributed by atoms with van der Waals surface area (Å²) in [6, 6.07) is 0. The van der Waals surface area contributed by atoms with E-state index in [2.05, 4.69) is 21.8 Å². The van der Waals surface area contributed by atoms with Crippen LogP contribution in [0.2, 0.25) is 0 Å². The highest BCUT2D eigenvalue weighted by Gasteiger charge is 2.00. The van der Waals surface area contributed by atoms with Gasteiger partial charge in [-0.15, -0.1) is 0 Å². The molecule has 0 aliphatic rings. The van der Waals surface area contributed by atoms with Crippen LogP contribution in [0.25, 0.3) is 0 Å². The molecule has 0 aromatic carbocycles. The molecular formula is C12H23N3O. The summed E-state index contributed by atoms with van der Waals surface area (Å²) >= 11 is 0. The fraction of sp³-hybridized carbons (Fsp3) is 0.750. The summed E-state index contributed by atoms with van der Waals surface area (Å²) in [6.07, 6.45) is 6.04. The number of ether oxygens (including phenoxy) is 1. The van der Waals surface area contributed by atoms with Gasteiger partial charge in [0.15, 0.2) is 0 Å². The molecule has 0 aliphatic carbocycles. The lowest BCUT2D eigenvalue weighted by atomic mass is 10.4. The zero-order valence-corrected chi connectivity index (χ0v) is 10.4. The van der Waals surface area contributed by atoms with Gasteiger partial charge in [-0.1, -0.05) is 6.92 Å². The zero-order valence-electron chi connectivity index (χ0n) is 10.4. The van der Waals surface area contributed by atoms with Crippen molar-refractivity contribution >= 4 is 0 Å². The third kappa shape index (κ3) is 4.77. The molecule has 1 rings (SSSR count). The van der Waals surface area contributed by atoms with E-state index in [1.165, 1.54) is 12.1 Å². The molecular weight excluding hydrogens is 202 g/mol. The van der Waals surface area contributed by atoms with Gasteiger partial charge in [0.2, 0.25) is 0 Å². The van der Waals surface area contributed by atoms with Gasteiger partial charge in [0.25, 0.3) is 0 Å². The SMILES string of the molecule is CCCNCc1cncn1CCCOCC. The van der Waals surface area contributed by atoms with Gasteiger partial charge in [-0.3, -0.25) is 0 Å². The minimum Gasteiger partial charge on any atom is -0.382 e. The van der Waals surface area contributed by atoms with Crippen molar-refractivity contribution in [3.63, 3.8) is 0 Å². The molecule has 0 amide bonds. The van der Waals surface area contributed by atoms with Crippen molar-refractivity contribution in [2.45, 2.75) is 39.8 Å². The van der Waals surface area contributed by atoms with Crippen LogP contribution in [0, 0.1) is 0 Å². The van der Waals surface area contributed by atoms with Crippen LogP contribution in [0.1, 0.15) is 32.4 Å². The van der Waals surface area contributed by atoms with E-state index < -0.39 is 0 Å². The molecule has 0 spiro atoms. The standard InChI is InChI=1S/C12H23N3O/c1-3-6-13-9-12-10-14-11-15(12)7-5-8-16-4-2/h10-11,13H,3-9H2,1-2H3. The quantitative estimate of drug-likeness (QED) is 0.651. The van der Waals surface area contributed by atoms with Crippen LogP contribution >= 0.6 is 0 Å². The first-order valence-corrected chi connectivity index (χ1v) is 6.16. The molecule has 0 radical (unpaired) electrons. The highest BCUT2D eigenvalue weighted by Crippen LogP contribution is 2.01. The summed E-state index contributed by atoms with van der Waals surface area (Å²) in [5, 5.41) is 3.39. The Labute approximate surface area is 98.0 Å². The van der Waals surface area contributed by atoms with Crippen LogP contribution in [0.4, 0.5) is 0 Å². The second kappa shape index (κ2) is 8.30. The number of hydrogen-bond donors (Lipinski definition) is 1. The maximum absolute atomic E-state index is 5.32. The predicted molar refractivity (Wildman–Crippen MR) is 65.3 cm³/mol. The molecule has 1 aromatic rings. The summed E-state index contributed by atoms with van der Waals surface area (Å²) < 4.78 is 7.52. The fourth-order valence-electron chi connectivity index (χ4n) is 1.57. The molecule has 4 heteroatoms. The van der Waals surface area contributed by atoms with E-state index in [4.69, 9.17) is 4.74 Å². The third-order valence-corrected chi connectivity index (χ3v) is 2.42. The molecule has 0 unspecified atom stereocenters. The van der Waals surface area contributed by atoms with Crippen LogP contribution in [0.3, 0.4) is 0 Å². The molecule has 1 N–H and O–H groups in total. The number of nitrogens with zero attached hydrogens (tertiary/aromatic N) is 2. The van der Waals surface area contributed by atoms with Crippen molar-refractivity contribution in [2.75, 3.05) is 19.8 Å². The molecule has 0 aliphatic heterocycles. The van der Waals surface area contributed by atoms with E-state index in [9.17, 15) is 0 Å². The Morgan fingerprint density at radius 1 is 1.44 bits per heavy atom. The number of aryl methyl sites for hydroxylation is 1. The Morgan fingerprint density at radius 2 is 2.31 bits per heavy atom. The van der Waals surface area contributed by atoms with Crippen LogP contribution in [-0.4, -0.2) is 29.3 Å². The van der Waals surface area contributed by atoms with Crippen molar-refractivity contribution in [3.8, 4) is 0 Å². The normalized spacial score (nSPS) is 10.9. The van der Waals surface area contributed by atoms with Crippen LogP contribution in [0.5, 0.6) is 0 Å². The van der Waals surface area contributed by atoms with Gasteiger partial charge in [0.05, 0.1) is 12.0 Å². The molecule has 0 fully saturated rings. The van der Waals surface area contributed by atoms with Crippen molar-refractivity contribution in [1.29, 1.82) is 0 Å². The number of imidazole rings is 1. The average molecular weight is 225 g/mol. The fourth-order valence-corrected chi connectivity index (χ4v) is 1.57. The topological polar surface area (TPSA) is 39.1 Å². The monoisotopic (exact) mass is 225 g/mol. The van der Waals surface area contributed by atoms with Crippen molar-refractivity contribution < 1.29 is 4.74 Å². The van der Waals surface area contributed by atoms with Gasteiger partial charge < -0.3 is 14.6 Å². The molecule has 92 valence electrons. The van der Waals surface area contributed by atoms with Gasteiger partial charge in [0, 0.05) is 32.5 Å². The number of nitrogens with one attached hydrogen (secondary N) is 1. The molecule has 0 atom stereocenters. The lowest BCUT2D eigenvalue weighted by Gasteiger charge is -2.08. The first-order valence-electron chi connectivity index (χ1n) is 6.16. The van der Waals surface area contributed by atoms with Crippen LogP contribution < -0.4 is 5.32 Å². The third-order valence-electron chi connectivity index (χ3n) is 2.42. The van der Waals surface area contributed by atoms with Gasteiger partial charge in [-0.25, -0.2) is 4.98 Å². The van der Waals surface area contributed by atoms with E-state index in [1.807, 2.05) is 19.4 Å². The molecule has 4 nitrogen and oxygen atoms in total. The van der Waals surface area contributed by atoms with Gasteiger partial charge in [-0.2, -0.15) is 0 Å². The van der Waals surface area contributed by atoms with E-state index in [1.54, 1.807) is 0 Å². The lowest BCUT2D eigenvalue weighted by molar-refractivity contribution is 0.141. The summed E-state index contributed by atoms with van der Waals surface area (Å²) in [5.74, 6) is 0. The summed E-state index contributed by atoms with van der Waals surface area (Å²) in [5.41, 5.74) is 1.25. The molecule has 1 heterocycles. The van der Waals surface area contributed by atoms with Crippen LogP contribution in [-0.2, 0) is 17.8 Å². The first-order chi connectivity index (χ1) is 7.88. The number of hydrogen-bond acceptors (Lipinski definition) is 3. The average Bonchev–Trinajstić information content (AvgIpc) is 2.73. The molecule has 16 heavy (non-hydrogen) atoms. The van der Waals surface area contributed by atoms with Crippen LogP contribution in [0.15, 0.2) is 12.5 Å². The summed E-state index contributed by atoms with van der Waals surface area (Å²) in [6.45, 7) is 8.78. The minimum atomic E-state index is 0.800. The highest BCUT2D eigenvalue weighted by molar-refractivity contribution is 4.97. The molecule has 1 aromatic heterocycles. The van der Waals surface area contributed by atoms with E-state index in [0.29, 0.717) is 0 Å². The molecule has 0 bridgehead atoms. The van der Waals surface area contributed by atoms with Crippen molar-refractivity contribution in [1.82, 2.24) is 14.9 Å². The second-order valence-corrected chi connectivity index (χ2v) is 3.81. The smallest absolute Gasteiger partial charge is 0.0948 e. The molecule has 0 saturated carbocycles. The summed E-state index contributed by atoms with van der Waals surface area (Å²) in [4.78, 5) is 4.18. The van der Waals surface area contributed by atoms with Gasteiger partial charge in [0.1, 0.15) is 0 Å². The largest absolute Gasteiger partial charge is 0.382 e. The predicted octanol–water partition coefficient (Wildman–Crippen LogP) is 1.81. The number of rotatable bonds is 9. The van der Waals surface area contributed by atoms with Crippen molar-refractivity contribution in [3.05, 3.63) is 18.2 Å². The van der Waals surface area contributed by atoms with Gasteiger partial charge in [-0.05, 0) is 26.3 Å². The Morgan fingerprint density at radius 3 is 3.06 bits per heavy atom. The Kier molecular flexibility index (Phi) is 6.85. The van der Waals surface area contributed by atoms with E-state index in [-0.39, 0.29) is 0 Å². The summed E-state index contributed by atoms with van der Waals surface area (Å²) in [7, 11) is 0. The Hall–Kier alpha value is -0.870. The second-order valence-electron chi connectivity index (χ2n) is 3.81. The molecule has 0 saturated heterocycles. The first kappa shape index (κ1) is 13.2.